The number of nitriles is 1. The van der Waals surface area contributed by atoms with Crippen molar-refractivity contribution >= 4 is 5.82 Å². The van der Waals surface area contributed by atoms with Gasteiger partial charge >= 0.3 is 0 Å². The zero-order valence-corrected chi connectivity index (χ0v) is 11.6. The number of nitrogens with two attached hydrogens (primary N) is 1. The SMILES string of the molecule is Cc1nnc(NCC(N)c2ccccc2)c(C#N)c1C. The third-order valence-electron chi connectivity index (χ3n) is 3.28. The normalized spacial score (nSPS) is 11.7. The van der Waals surface area contributed by atoms with Gasteiger partial charge in [-0.2, -0.15) is 10.4 Å². The molecule has 0 saturated heterocycles. The lowest BCUT2D eigenvalue weighted by molar-refractivity contribution is 0.758. The number of nitrogens with zero attached hydrogens (tertiary/aromatic N) is 3. The van der Waals surface area contributed by atoms with Gasteiger partial charge in [-0.25, -0.2) is 0 Å². The Morgan fingerprint density at radius 3 is 2.60 bits per heavy atom. The van der Waals surface area contributed by atoms with Crippen LogP contribution in [0.15, 0.2) is 30.3 Å². The molecule has 1 atom stereocenters. The van der Waals surface area contributed by atoms with Crippen LogP contribution >= 0.6 is 0 Å². The summed E-state index contributed by atoms with van der Waals surface area (Å²) in [6.45, 7) is 4.20. The zero-order valence-electron chi connectivity index (χ0n) is 11.6. The monoisotopic (exact) mass is 267 g/mol. The molecule has 3 N–H and O–H groups in total. The third kappa shape index (κ3) is 2.92. The van der Waals surface area contributed by atoms with Gasteiger partial charge in [0.25, 0.3) is 0 Å². The van der Waals surface area contributed by atoms with E-state index in [0.29, 0.717) is 17.9 Å². The molecular weight excluding hydrogens is 250 g/mol. The molecule has 0 amide bonds. The topological polar surface area (TPSA) is 87.6 Å². The molecule has 1 unspecified atom stereocenters. The Balaban J connectivity index is 2.12. The molecule has 20 heavy (non-hydrogen) atoms. The fourth-order valence-corrected chi connectivity index (χ4v) is 1.89. The first kappa shape index (κ1) is 14.0. The molecule has 0 bridgehead atoms. The van der Waals surface area contributed by atoms with Crippen LogP contribution in [-0.4, -0.2) is 16.7 Å². The first-order valence-corrected chi connectivity index (χ1v) is 6.42. The number of aromatic nitrogens is 2. The molecule has 0 radical (unpaired) electrons. The summed E-state index contributed by atoms with van der Waals surface area (Å²) < 4.78 is 0. The van der Waals surface area contributed by atoms with Gasteiger partial charge in [-0.1, -0.05) is 30.3 Å². The quantitative estimate of drug-likeness (QED) is 0.885. The minimum atomic E-state index is -0.161. The van der Waals surface area contributed by atoms with Crippen molar-refractivity contribution in [3.05, 3.63) is 52.7 Å². The highest BCUT2D eigenvalue weighted by molar-refractivity contribution is 5.55. The lowest BCUT2D eigenvalue weighted by atomic mass is 10.1. The van der Waals surface area contributed by atoms with Crippen molar-refractivity contribution in [3.63, 3.8) is 0 Å². The molecule has 5 heteroatoms. The Morgan fingerprint density at radius 1 is 1.25 bits per heavy atom. The molecule has 5 nitrogen and oxygen atoms in total. The smallest absolute Gasteiger partial charge is 0.167 e. The highest BCUT2D eigenvalue weighted by Crippen LogP contribution is 2.18. The van der Waals surface area contributed by atoms with Crippen LogP contribution in [0.2, 0.25) is 0 Å². The van der Waals surface area contributed by atoms with E-state index >= 15 is 0 Å². The fraction of sp³-hybridized carbons (Fsp3) is 0.267. The minimum Gasteiger partial charge on any atom is -0.366 e. The third-order valence-corrected chi connectivity index (χ3v) is 3.28. The number of hydrogen-bond acceptors (Lipinski definition) is 5. The number of benzene rings is 1. The molecule has 1 heterocycles. The molecule has 0 aliphatic rings. The summed E-state index contributed by atoms with van der Waals surface area (Å²) >= 11 is 0. The second-order valence-electron chi connectivity index (χ2n) is 4.64. The van der Waals surface area contributed by atoms with Crippen molar-refractivity contribution in [1.82, 2.24) is 10.2 Å². The van der Waals surface area contributed by atoms with E-state index in [2.05, 4.69) is 21.6 Å². The Morgan fingerprint density at radius 2 is 1.95 bits per heavy atom. The maximum atomic E-state index is 9.22. The van der Waals surface area contributed by atoms with Crippen LogP contribution in [0, 0.1) is 25.2 Å². The molecule has 2 aromatic rings. The van der Waals surface area contributed by atoms with Crippen molar-refractivity contribution in [1.29, 1.82) is 5.26 Å². The fourth-order valence-electron chi connectivity index (χ4n) is 1.89. The van der Waals surface area contributed by atoms with Gasteiger partial charge in [-0.3, -0.25) is 0 Å². The molecule has 0 spiro atoms. The Labute approximate surface area is 118 Å². The highest BCUT2D eigenvalue weighted by Gasteiger charge is 2.12. The van der Waals surface area contributed by atoms with Crippen LogP contribution in [0.4, 0.5) is 5.82 Å². The van der Waals surface area contributed by atoms with Gasteiger partial charge in [0.05, 0.1) is 5.69 Å². The molecule has 0 fully saturated rings. The average Bonchev–Trinajstić information content (AvgIpc) is 2.49. The van der Waals surface area contributed by atoms with Crippen LogP contribution in [0.3, 0.4) is 0 Å². The number of anilines is 1. The van der Waals surface area contributed by atoms with Gasteiger partial charge in [0.15, 0.2) is 5.82 Å². The van der Waals surface area contributed by atoms with Crippen molar-refractivity contribution in [2.75, 3.05) is 11.9 Å². The number of hydrogen-bond donors (Lipinski definition) is 2. The van der Waals surface area contributed by atoms with Crippen molar-refractivity contribution in [3.8, 4) is 6.07 Å². The Kier molecular flexibility index (Phi) is 4.28. The molecule has 1 aromatic heterocycles. The largest absolute Gasteiger partial charge is 0.366 e. The van der Waals surface area contributed by atoms with Gasteiger partial charge in [0.1, 0.15) is 11.6 Å². The highest BCUT2D eigenvalue weighted by atomic mass is 15.2. The molecule has 2 rings (SSSR count). The summed E-state index contributed by atoms with van der Waals surface area (Å²) in [7, 11) is 0. The summed E-state index contributed by atoms with van der Waals surface area (Å²) in [5, 5.41) is 20.4. The average molecular weight is 267 g/mol. The number of rotatable bonds is 4. The number of nitrogens with one attached hydrogen (secondary N) is 1. The lowest BCUT2D eigenvalue weighted by Gasteiger charge is -2.14. The van der Waals surface area contributed by atoms with E-state index in [-0.39, 0.29) is 6.04 Å². The molecule has 102 valence electrons. The van der Waals surface area contributed by atoms with Crippen molar-refractivity contribution in [2.24, 2.45) is 5.73 Å². The molecule has 0 aliphatic carbocycles. The van der Waals surface area contributed by atoms with Crippen molar-refractivity contribution < 1.29 is 0 Å². The van der Waals surface area contributed by atoms with E-state index in [0.717, 1.165) is 16.8 Å². The van der Waals surface area contributed by atoms with Crippen LogP contribution in [0.25, 0.3) is 0 Å². The van der Waals surface area contributed by atoms with Gasteiger partial charge in [0, 0.05) is 12.6 Å². The van der Waals surface area contributed by atoms with Crippen molar-refractivity contribution in [2.45, 2.75) is 19.9 Å². The van der Waals surface area contributed by atoms with E-state index in [1.54, 1.807) is 0 Å². The Hall–Kier alpha value is -2.45. The van der Waals surface area contributed by atoms with Gasteiger partial charge in [0.2, 0.25) is 0 Å². The van der Waals surface area contributed by atoms with E-state index < -0.39 is 0 Å². The molecule has 1 aromatic carbocycles. The maximum Gasteiger partial charge on any atom is 0.167 e. The van der Waals surface area contributed by atoms with Crippen LogP contribution in [0.5, 0.6) is 0 Å². The summed E-state index contributed by atoms with van der Waals surface area (Å²) in [5.74, 6) is 0.488. The lowest BCUT2D eigenvalue weighted by Crippen LogP contribution is -2.21. The standard InChI is InChI=1S/C15H17N5/c1-10-11(2)19-20-15(13(10)8-16)18-9-14(17)12-6-4-3-5-7-12/h3-7,14H,9,17H2,1-2H3,(H,18,20). The predicted molar refractivity (Wildman–Crippen MR) is 78.1 cm³/mol. The van der Waals surface area contributed by atoms with E-state index in [9.17, 15) is 5.26 Å². The van der Waals surface area contributed by atoms with E-state index in [1.807, 2.05) is 44.2 Å². The minimum absolute atomic E-state index is 0.161. The van der Waals surface area contributed by atoms with E-state index in [4.69, 9.17) is 5.73 Å². The van der Waals surface area contributed by atoms with Gasteiger partial charge < -0.3 is 11.1 Å². The zero-order chi connectivity index (χ0) is 14.5. The Bertz CT molecular complexity index is 631. The molecule has 0 aliphatic heterocycles. The summed E-state index contributed by atoms with van der Waals surface area (Å²) in [4.78, 5) is 0. The summed E-state index contributed by atoms with van der Waals surface area (Å²) in [5.41, 5.74) is 9.28. The first-order valence-electron chi connectivity index (χ1n) is 6.42. The number of aryl methyl sites for hydroxylation is 1. The summed E-state index contributed by atoms with van der Waals surface area (Å²) in [6, 6.07) is 11.8. The predicted octanol–water partition coefficient (Wildman–Crippen LogP) is 2.08. The van der Waals surface area contributed by atoms with Crippen LogP contribution < -0.4 is 11.1 Å². The van der Waals surface area contributed by atoms with Gasteiger partial charge in [-0.15, -0.1) is 5.10 Å². The first-order chi connectivity index (χ1) is 9.63. The molecule has 0 saturated carbocycles. The van der Waals surface area contributed by atoms with Gasteiger partial charge in [-0.05, 0) is 25.0 Å². The second-order valence-corrected chi connectivity index (χ2v) is 4.64. The van der Waals surface area contributed by atoms with E-state index in [1.165, 1.54) is 0 Å². The summed E-state index contributed by atoms with van der Waals surface area (Å²) in [6.07, 6.45) is 0. The van der Waals surface area contributed by atoms with Crippen LogP contribution in [0.1, 0.15) is 28.4 Å². The van der Waals surface area contributed by atoms with Crippen LogP contribution in [-0.2, 0) is 0 Å². The molecular formula is C15H17N5. The second kappa shape index (κ2) is 6.13. The maximum absolute atomic E-state index is 9.22.